The first-order valence-corrected chi connectivity index (χ1v) is 9.82. The number of hydrogen-bond acceptors (Lipinski definition) is 0. The van der Waals surface area contributed by atoms with Gasteiger partial charge in [-0.2, -0.15) is 0 Å². The van der Waals surface area contributed by atoms with E-state index < -0.39 is 17.0 Å². The van der Waals surface area contributed by atoms with Crippen LogP contribution in [-0.2, 0) is 17.0 Å². The van der Waals surface area contributed by atoms with Gasteiger partial charge in [0.1, 0.15) is 0 Å². The minimum atomic E-state index is -0.556. The molecule has 0 aliphatic heterocycles. The van der Waals surface area contributed by atoms with E-state index in [4.69, 9.17) is 18.6 Å². The molecule has 3 rings (SSSR count). The molecule has 0 aromatic heterocycles. The van der Waals surface area contributed by atoms with Gasteiger partial charge in [-0.15, -0.1) is 0 Å². The molecule has 2 aromatic rings. The molecule has 0 spiro atoms. The van der Waals surface area contributed by atoms with Crippen molar-refractivity contribution in [2.45, 2.75) is 0 Å². The number of rotatable bonds is 1. The maximum absolute atomic E-state index is 4.89. The molecule has 3 heteroatoms. The molecule has 18 heavy (non-hydrogen) atoms. The van der Waals surface area contributed by atoms with Gasteiger partial charge in [0.15, 0.2) is 0 Å². The first-order valence-electron chi connectivity index (χ1n) is 5.53. The summed E-state index contributed by atoms with van der Waals surface area (Å²) in [6.45, 7) is 0. The van der Waals surface area contributed by atoms with Crippen molar-refractivity contribution in [2.24, 2.45) is 0 Å². The van der Waals surface area contributed by atoms with Crippen LogP contribution in [0.2, 0.25) is 0 Å². The van der Waals surface area contributed by atoms with E-state index in [0.717, 1.165) is 0 Å². The van der Waals surface area contributed by atoms with E-state index in [1.807, 2.05) is 0 Å². The topological polar surface area (TPSA) is 0 Å². The zero-order valence-corrected chi connectivity index (χ0v) is 12.7. The quantitative estimate of drug-likeness (QED) is 0.646. The second kappa shape index (κ2) is 7.16. The predicted octanol–water partition coefficient (Wildman–Crippen LogP) is 5.06. The summed E-state index contributed by atoms with van der Waals surface area (Å²) in [6.07, 6.45) is 4.37. The van der Waals surface area contributed by atoms with Crippen LogP contribution < -0.4 is 0 Å². The summed E-state index contributed by atoms with van der Waals surface area (Å²) in [4.78, 5) is 0. The molecule has 1 radical (unpaired) electrons. The molecular formula is C15H11Cl2Ti. The van der Waals surface area contributed by atoms with Crippen LogP contribution in [0.5, 0.6) is 0 Å². The summed E-state index contributed by atoms with van der Waals surface area (Å²) in [6, 6.07) is 19.0. The number of benzene rings is 2. The Morgan fingerprint density at radius 2 is 1.33 bits per heavy atom. The van der Waals surface area contributed by atoms with Crippen LogP contribution in [0, 0.1) is 5.92 Å². The number of fused-ring (bicyclic) bond motifs is 1. The molecule has 0 amide bonds. The molecule has 2 aromatic carbocycles. The average molecular weight is 310 g/mol. The second-order valence-corrected chi connectivity index (χ2v) is 6.35. The van der Waals surface area contributed by atoms with Gasteiger partial charge in [-0.1, -0.05) is 66.7 Å². The van der Waals surface area contributed by atoms with Crippen molar-refractivity contribution < 1.29 is 17.0 Å². The van der Waals surface area contributed by atoms with E-state index in [1.165, 1.54) is 22.6 Å². The summed E-state index contributed by atoms with van der Waals surface area (Å²) < 4.78 is 0. The SMILES string of the molecule is C1=Cc2ccccc2[C]1c1ccccc1.[Cl][Ti][Cl]. The molecule has 89 valence electrons. The molecule has 0 unspecified atom stereocenters. The monoisotopic (exact) mass is 309 g/mol. The van der Waals surface area contributed by atoms with E-state index in [9.17, 15) is 0 Å². The Labute approximate surface area is 124 Å². The fourth-order valence-corrected chi connectivity index (χ4v) is 2.02. The molecular weight excluding hydrogens is 299 g/mol. The van der Waals surface area contributed by atoms with E-state index in [0.29, 0.717) is 0 Å². The summed E-state index contributed by atoms with van der Waals surface area (Å²) in [5.41, 5.74) is 3.94. The van der Waals surface area contributed by atoms with Gasteiger partial charge in [-0.05, 0) is 16.7 Å². The van der Waals surface area contributed by atoms with Gasteiger partial charge in [0, 0.05) is 0 Å². The van der Waals surface area contributed by atoms with Crippen LogP contribution >= 0.6 is 18.6 Å². The Balaban J connectivity index is 0.000000367. The second-order valence-electron chi connectivity index (χ2n) is 3.77. The zero-order valence-electron chi connectivity index (χ0n) is 9.61. The van der Waals surface area contributed by atoms with Crippen molar-refractivity contribution in [1.29, 1.82) is 0 Å². The zero-order chi connectivity index (χ0) is 12.8. The Morgan fingerprint density at radius 1 is 0.722 bits per heavy atom. The fraction of sp³-hybridized carbons (Fsp3) is 0. The molecule has 0 saturated heterocycles. The third kappa shape index (κ3) is 3.27. The predicted molar refractivity (Wildman–Crippen MR) is 75.1 cm³/mol. The maximum atomic E-state index is 4.89. The van der Waals surface area contributed by atoms with Crippen molar-refractivity contribution in [3.8, 4) is 0 Å². The number of hydrogen-bond donors (Lipinski definition) is 0. The van der Waals surface area contributed by atoms with Crippen molar-refractivity contribution in [1.82, 2.24) is 0 Å². The van der Waals surface area contributed by atoms with E-state index in [2.05, 4.69) is 66.7 Å². The first kappa shape index (κ1) is 13.9. The van der Waals surface area contributed by atoms with Crippen molar-refractivity contribution >= 4 is 24.7 Å². The van der Waals surface area contributed by atoms with Gasteiger partial charge in [-0.25, -0.2) is 0 Å². The van der Waals surface area contributed by atoms with Gasteiger partial charge < -0.3 is 0 Å². The van der Waals surface area contributed by atoms with Gasteiger partial charge >= 0.3 is 35.6 Å². The molecule has 0 bridgehead atoms. The third-order valence-electron chi connectivity index (χ3n) is 2.77. The van der Waals surface area contributed by atoms with E-state index in [-0.39, 0.29) is 0 Å². The first-order chi connectivity index (χ1) is 8.86. The third-order valence-corrected chi connectivity index (χ3v) is 2.77. The van der Waals surface area contributed by atoms with Gasteiger partial charge in [0.05, 0.1) is 5.92 Å². The van der Waals surface area contributed by atoms with Crippen LogP contribution in [0.3, 0.4) is 0 Å². The van der Waals surface area contributed by atoms with Gasteiger partial charge in [0.25, 0.3) is 0 Å². The van der Waals surface area contributed by atoms with Crippen LogP contribution in [0.1, 0.15) is 16.7 Å². The standard InChI is InChI=1S/C15H11.2ClH.Ti/c1-2-6-12(7-3-1)15-11-10-13-8-4-5-9-14(13)15;;;/h1-11H;2*1H;/q;;;+2/p-2. The van der Waals surface area contributed by atoms with E-state index >= 15 is 0 Å². The molecule has 0 heterocycles. The van der Waals surface area contributed by atoms with Crippen LogP contribution in [-0.4, -0.2) is 0 Å². The minimum absolute atomic E-state index is 0.556. The normalized spacial score (nSPS) is 12.6. The fourth-order valence-electron chi connectivity index (χ4n) is 2.02. The van der Waals surface area contributed by atoms with Crippen molar-refractivity contribution in [2.75, 3.05) is 0 Å². The molecule has 0 atom stereocenters. The summed E-state index contributed by atoms with van der Waals surface area (Å²) in [5, 5.41) is 0. The molecule has 1 aliphatic carbocycles. The molecule has 0 nitrogen and oxygen atoms in total. The van der Waals surface area contributed by atoms with Crippen LogP contribution in [0.15, 0.2) is 60.7 Å². The molecule has 0 N–H and O–H groups in total. The summed E-state index contributed by atoms with van der Waals surface area (Å²) in [7, 11) is 9.78. The summed E-state index contributed by atoms with van der Waals surface area (Å²) >= 11 is -0.556. The van der Waals surface area contributed by atoms with Crippen LogP contribution in [0.4, 0.5) is 0 Å². The Morgan fingerprint density at radius 3 is 2.06 bits per heavy atom. The summed E-state index contributed by atoms with van der Waals surface area (Å²) in [5.74, 6) is 1.33. The molecule has 0 saturated carbocycles. The molecule has 0 fully saturated rings. The number of allylic oxidation sites excluding steroid dienone is 1. The van der Waals surface area contributed by atoms with Crippen molar-refractivity contribution in [3.63, 3.8) is 0 Å². The Kier molecular flexibility index (Phi) is 5.53. The van der Waals surface area contributed by atoms with E-state index in [1.54, 1.807) is 0 Å². The van der Waals surface area contributed by atoms with Crippen LogP contribution in [0.25, 0.3) is 6.08 Å². The van der Waals surface area contributed by atoms with Crippen molar-refractivity contribution in [3.05, 3.63) is 83.3 Å². The average Bonchev–Trinajstić information content (AvgIpc) is 2.84. The Bertz CT molecular complexity index is 523. The number of halogens is 2. The Hall–Kier alpha value is -0.526. The van der Waals surface area contributed by atoms with Gasteiger partial charge in [0.2, 0.25) is 0 Å². The van der Waals surface area contributed by atoms with Gasteiger partial charge in [-0.3, -0.25) is 0 Å². The molecule has 1 aliphatic rings.